The molecule has 1 atom stereocenters. The molecule has 1 aromatic carbocycles. The Kier molecular flexibility index (Phi) is 10.7. The second-order valence-electron chi connectivity index (χ2n) is 8.10. The van der Waals surface area contributed by atoms with Crippen molar-refractivity contribution in [2.24, 2.45) is 10.9 Å². The van der Waals surface area contributed by atoms with Crippen LogP contribution in [0, 0.1) is 5.92 Å². The predicted molar refractivity (Wildman–Crippen MR) is 136 cm³/mol. The maximum absolute atomic E-state index is 12.7. The largest absolute Gasteiger partial charge is 0.496 e. The van der Waals surface area contributed by atoms with Gasteiger partial charge < -0.3 is 29.7 Å². The van der Waals surface area contributed by atoms with Crippen molar-refractivity contribution in [1.29, 1.82) is 0 Å². The second kappa shape index (κ2) is 13.0. The van der Waals surface area contributed by atoms with Crippen LogP contribution in [-0.2, 0) is 11.3 Å². The SMILES string of the molecule is CCNC(=NCc1c(OC)cc(OC)cc1OC)NC1CCN(C(=O)C2CCCC2)C1.I. The molecule has 8 nitrogen and oxygen atoms in total. The minimum atomic E-state index is 0. The number of halogens is 1. The summed E-state index contributed by atoms with van der Waals surface area (Å²) in [5.74, 6) is 3.30. The van der Waals surface area contributed by atoms with Gasteiger partial charge in [-0.2, -0.15) is 0 Å². The number of benzene rings is 1. The van der Waals surface area contributed by atoms with Crippen LogP contribution in [0.25, 0.3) is 0 Å². The van der Waals surface area contributed by atoms with E-state index in [-0.39, 0.29) is 35.9 Å². The van der Waals surface area contributed by atoms with Crippen LogP contribution in [0.15, 0.2) is 17.1 Å². The number of carbonyl (C=O) groups excluding carboxylic acids is 1. The number of nitrogens with zero attached hydrogens (tertiary/aromatic N) is 2. The Morgan fingerprint density at radius 2 is 1.75 bits per heavy atom. The molecule has 1 amide bonds. The summed E-state index contributed by atoms with van der Waals surface area (Å²) < 4.78 is 16.4. The van der Waals surface area contributed by atoms with E-state index in [1.54, 1.807) is 21.3 Å². The van der Waals surface area contributed by atoms with Crippen molar-refractivity contribution < 1.29 is 19.0 Å². The number of ether oxygens (including phenoxy) is 3. The maximum atomic E-state index is 12.7. The van der Waals surface area contributed by atoms with Crippen molar-refractivity contribution in [3.63, 3.8) is 0 Å². The number of likely N-dealkylation sites (tertiary alicyclic amines) is 1. The molecule has 1 aliphatic heterocycles. The Morgan fingerprint density at radius 1 is 1.09 bits per heavy atom. The van der Waals surface area contributed by atoms with E-state index in [1.165, 1.54) is 12.8 Å². The molecule has 1 saturated heterocycles. The first kappa shape index (κ1) is 26.3. The minimum Gasteiger partial charge on any atom is -0.496 e. The number of guanidine groups is 1. The number of nitrogens with one attached hydrogen (secondary N) is 2. The molecule has 1 aromatic rings. The molecule has 1 saturated carbocycles. The van der Waals surface area contributed by atoms with Crippen LogP contribution in [0.4, 0.5) is 0 Å². The molecule has 0 spiro atoms. The highest BCUT2D eigenvalue weighted by Gasteiger charge is 2.32. The maximum Gasteiger partial charge on any atom is 0.225 e. The fourth-order valence-corrected chi connectivity index (χ4v) is 4.41. The monoisotopic (exact) mass is 560 g/mol. The van der Waals surface area contributed by atoms with Gasteiger partial charge in [-0.05, 0) is 26.2 Å². The van der Waals surface area contributed by atoms with Crippen LogP contribution in [0.3, 0.4) is 0 Å². The van der Waals surface area contributed by atoms with Gasteiger partial charge in [0.05, 0.1) is 33.4 Å². The Balaban J connectivity index is 0.00000363. The number of hydrogen-bond donors (Lipinski definition) is 2. The highest BCUT2D eigenvalue weighted by Crippen LogP contribution is 2.34. The van der Waals surface area contributed by atoms with Gasteiger partial charge in [0.25, 0.3) is 0 Å². The van der Waals surface area contributed by atoms with E-state index < -0.39 is 0 Å². The van der Waals surface area contributed by atoms with Gasteiger partial charge in [0.1, 0.15) is 17.2 Å². The third kappa shape index (κ3) is 6.55. The van der Waals surface area contributed by atoms with Gasteiger partial charge in [-0.15, -0.1) is 24.0 Å². The fraction of sp³-hybridized carbons (Fsp3) is 0.652. The van der Waals surface area contributed by atoms with E-state index in [0.29, 0.717) is 29.7 Å². The van der Waals surface area contributed by atoms with Crippen molar-refractivity contribution in [3.8, 4) is 17.2 Å². The molecule has 0 aromatic heterocycles. The first-order valence-electron chi connectivity index (χ1n) is 11.2. The molecule has 0 bridgehead atoms. The highest BCUT2D eigenvalue weighted by molar-refractivity contribution is 14.0. The molecule has 32 heavy (non-hydrogen) atoms. The Hall–Kier alpha value is -1.91. The van der Waals surface area contributed by atoms with E-state index in [4.69, 9.17) is 19.2 Å². The van der Waals surface area contributed by atoms with Gasteiger partial charge in [0.15, 0.2) is 5.96 Å². The summed E-state index contributed by atoms with van der Waals surface area (Å²) in [6.45, 7) is 4.72. The van der Waals surface area contributed by atoms with Crippen molar-refractivity contribution in [2.75, 3.05) is 41.0 Å². The molecule has 2 N–H and O–H groups in total. The van der Waals surface area contributed by atoms with Crippen LogP contribution in [-0.4, -0.2) is 63.8 Å². The highest BCUT2D eigenvalue weighted by atomic mass is 127. The average molecular weight is 560 g/mol. The molecule has 1 heterocycles. The average Bonchev–Trinajstić information content (AvgIpc) is 3.49. The second-order valence-corrected chi connectivity index (χ2v) is 8.10. The number of carbonyl (C=O) groups is 1. The van der Waals surface area contributed by atoms with Gasteiger partial charge >= 0.3 is 0 Å². The summed E-state index contributed by atoms with van der Waals surface area (Å²) in [5, 5.41) is 6.80. The number of aliphatic imine (C=N–C) groups is 1. The van der Waals surface area contributed by atoms with E-state index in [0.717, 1.165) is 50.4 Å². The predicted octanol–water partition coefficient (Wildman–Crippen LogP) is 3.18. The van der Waals surface area contributed by atoms with Gasteiger partial charge in [-0.3, -0.25) is 4.79 Å². The Labute approximate surface area is 208 Å². The Bertz CT molecular complexity index is 758. The van der Waals surface area contributed by atoms with Gasteiger partial charge in [0, 0.05) is 43.7 Å². The first-order valence-corrected chi connectivity index (χ1v) is 11.2. The minimum absolute atomic E-state index is 0. The number of hydrogen-bond acceptors (Lipinski definition) is 5. The molecule has 1 unspecified atom stereocenters. The summed E-state index contributed by atoms with van der Waals surface area (Å²) in [4.78, 5) is 19.5. The fourth-order valence-electron chi connectivity index (χ4n) is 4.41. The van der Waals surface area contributed by atoms with Crippen molar-refractivity contribution >= 4 is 35.8 Å². The molecule has 1 aliphatic carbocycles. The van der Waals surface area contributed by atoms with E-state index in [2.05, 4.69) is 10.6 Å². The van der Waals surface area contributed by atoms with Gasteiger partial charge in [-0.25, -0.2) is 4.99 Å². The summed E-state index contributed by atoms with van der Waals surface area (Å²) in [6.07, 6.45) is 5.38. The van der Waals surface area contributed by atoms with Crippen LogP contribution < -0.4 is 24.8 Å². The molecule has 3 rings (SSSR count). The molecule has 2 aliphatic rings. The summed E-state index contributed by atoms with van der Waals surface area (Å²) >= 11 is 0. The molecular weight excluding hydrogens is 523 g/mol. The van der Waals surface area contributed by atoms with Crippen LogP contribution in [0.1, 0.15) is 44.6 Å². The van der Waals surface area contributed by atoms with Crippen molar-refractivity contribution in [3.05, 3.63) is 17.7 Å². The lowest BCUT2D eigenvalue weighted by molar-refractivity contribution is -0.134. The van der Waals surface area contributed by atoms with Crippen molar-refractivity contribution in [1.82, 2.24) is 15.5 Å². The first-order chi connectivity index (χ1) is 15.1. The molecule has 9 heteroatoms. The Morgan fingerprint density at radius 3 is 2.31 bits per heavy atom. The number of rotatable bonds is 8. The molecule has 2 fully saturated rings. The third-order valence-corrected chi connectivity index (χ3v) is 6.10. The zero-order valence-electron chi connectivity index (χ0n) is 19.6. The number of methoxy groups -OCH3 is 3. The van der Waals surface area contributed by atoms with Gasteiger partial charge in [0.2, 0.25) is 5.91 Å². The summed E-state index contributed by atoms with van der Waals surface area (Å²) in [7, 11) is 4.86. The molecule has 180 valence electrons. The standard InChI is InChI=1S/C23H36N4O4.HI/c1-5-24-23(25-14-19-20(30-3)12-18(29-2)13-21(19)31-4)26-17-10-11-27(15-17)22(28)16-8-6-7-9-16;/h12-13,16-17H,5-11,14-15H2,1-4H3,(H2,24,25,26);1H. The lowest BCUT2D eigenvalue weighted by Gasteiger charge is -2.21. The van der Waals surface area contributed by atoms with E-state index in [1.807, 2.05) is 24.0 Å². The van der Waals surface area contributed by atoms with Crippen LogP contribution in [0.2, 0.25) is 0 Å². The topological polar surface area (TPSA) is 84.4 Å². The smallest absolute Gasteiger partial charge is 0.225 e. The normalized spacial score (nSPS) is 18.8. The van der Waals surface area contributed by atoms with Crippen molar-refractivity contribution in [2.45, 2.75) is 51.6 Å². The molecule has 0 radical (unpaired) electrons. The molecular formula is C23H37IN4O4. The quantitative estimate of drug-likeness (QED) is 0.289. The van der Waals surface area contributed by atoms with Crippen LogP contribution in [0.5, 0.6) is 17.2 Å². The summed E-state index contributed by atoms with van der Waals surface area (Å²) in [6, 6.07) is 3.86. The lowest BCUT2D eigenvalue weighted by Crippen LogP contribution is -2.45. The van der Waals surface area contributed by atoms with E-state index in [9.17, 15) is 4.79 Å². The van der Waals surface area contributed by atoms with Crippen LogP contribution >= 0.6 is 24.0 Å². The summed E-state index contributed by atoms with van der Waals surface area (Å²) in [5.41, 5.74) is 0.854. The number of amides is 1. The van der Waals surface area contributed by atoms with Gasteiger partial charge in [-0.1, -0.05) is 12.8 Å². The zero-order valence-corrected chi connectivity index (χ0v) is 21.9. The van der Waals surface area contributed by atoms with E-state index >= 15 is 0 Å². The zero-order chi connectivity index (χ0) is 22.2. The third-order valence-electron chi connectivity index (χ3n) is 6.10. The lowest BCUT2D eigenvalue weighted by atomic mass is 10.1.